The van der Waals surface area contributed by atoms with E-state index in [1.165, 1.54) is 0 Å². The average Bonchev–Trinajstić information content (AvgIpc) is 2.13. The van der Waals surface area contributed by atoms with Gasteiger partial charge in [-0.1, -0.05) is 0 Å². The molecule has 2 N–H and O–H groups in total. The molecule has 0 amide bonds. The van der Waals surface area contributed by atoms with Gasteiger partial charge in [0.15, 0.2) is 0 Å². The van der Waals surface area contributed by atoms with Gasteiger partial charge in [-0.25, -0.2) is 0 Å². The van der Waals surface area contributed by atoms with E-state index in [9.17, 15) is 13.2 Å². The highest BCUT2D eigenvalue weighted by molar-refractivity contribution is 7.86. The lowest BCUT2D eigenvalue weighted by Gasteiger charge is -2.28. The monoisotopic (exact) mass is 235 g/mol. The normalized spacial score (nSPS) is 27.5. The van der Waals surface area contributed by atoms with Gasteiger partial charge < -0.3 is 5.11 Å². The molecule has 0 aromatic rings. The van der Waals surface area contributed by atoms with E-state index in [-0.39, 0.29) is 12.3 Å². The molecule has 1 saturated carbocycles. The zero-order valence-electron chi connectivity index (χ0n) is 8.30. The van der Waals surface area contributed by atoms with Crippen molar-refractivity contribution in [1.82, 2.24) is 0 Å². The van der Waals surface area contributed by atoms with Gasteiger partial charge in [-0.15, -0.1) is 0 Å². The fraction of sp³-hybridized carbons (Fsp3) is 0.778. The predicted molar refractivity (Wildman–Crippen MR) is 53.8 cm³/mol. The predicted octanol–water partition coefficient (Wildman–Crippen LogP) is 1.11. The third-order valence-electron chi connectivity index (χ3n) is 2.78. The van der Waals surface area contributed by atoms with Crippen LogP contribution in [0.15, 0.2) is 0 Å². The molecule has 1 fully saturated rings. The lowest BCUT2D eigenvalue weighted by Crippen LogP contribution is -2.33. The first-order chi connectivity index (χ1) is 6.91. The molecule has 1 aliphatic rings. The second-order valence-electron chi connectivity index (χ2n) is 3.85. The van der Waals surface area contributed by atoms with E-state index >= 15 is 0 Å². The molecule has 15 heavy (non-hydrogen) atoms. The summed E-state index contributed by atoms with van der Waals surface area (Å²) in [5.74, 6) is -1.17. The van der Waals surface area contributed by atoms with E-state index in [0.717, 1.165) is 6.42 Å². The molecule has 1 rings (SSSR count). The summed E-state index contributed by atoms with van der Waals surface area (Å²) in [5.41, 5.74) is 0. The maximum absolute atomic E-state index is 11.0. The fourth-order valence-electron chi connectivity index (χ4n) is 2.00. The Balaban J connectivity index is 2.62. The Morgan fingerprint density at radius 1 is 1.47 bits per heavy atom. The molecule has 1 radical (unpaired) electrons. The van der Waals surface area contributed by atoms with Gasteiger partial charge in [0, 0.05) is 6.42 Å². The first-order valence-corrected chi connectivity index (χ1v) is 6.41. The Hall–Kier alpha value is -0.620. The Bertz CT molecular complexity index is 321. The van der Waals surface area contributed by atoms with Gasteiger partial charge in [0.1, 0.15) is 0 Å². The van der Waals surface area contributed by atoms with Crippen LogP contribution in [-0.2, 0) is 14.9 Å². The molecule has 2 unspecified atom stereocenters. The van der Waals surface area contributed by atoms with Crippen molar-refractivity contribution in [2.45, 2.75) is 37.4 Å². The molecule has 5 nitrogen and oxygen atoms in total. The van der Waals surface area contributed by atoms with Gasteiger partial charge in [0.05, 0.1) is 5.25 Å². The van der Waals surface area contributed by atoms with E-state index < -0.39 is 21.3 Å². The van der Waals surface area contributed by atoms with E-state index in [1.54, 1.807) is 0 Å². The third-order valence-corrected chi connectivity index (χ3v) is 4.12. The summed E-state index contributed by atoms with van der Waals surface area (Å²) in [6.45, 7) is 0. The number of hydrogen-bond donors (Lipinski definition) is 2. The maximum Gasteiger partial charge on any atom is 0.303 e. The summed E-state index contributed by atoms with van der Waals surface area (Å²) in [7, 11) is -4.05. The van der Waals surface area contributed by atoms with Crippen LogP contribution in [0, 0.1) is 12.3 Å². The summed E-state index contributed by atoms with van der Waals surface area (Å²) >= 11 is 0. The third kappa shape index (κ3) is 3.79. The lowest BCUT2D eigenvalue weighted by molar-refractivity contribution is -0.137. The maximum atomic E-state index is 11.0. The molecular formula is C9H15O5S. The number of carboxylic acid groups (broad SMARTS) is 1. The van der Waals surface area contributed by atoms with Crippen molar-refractivity contribution in [3.8, 4) is 0 Å². The minimum absolute atomic E-state index is 0.0450. The zero-order valence-corrected chi connectivity index (χ0v) is 9.11. The minimum atomic E-state index is -4.05. The van der Waals surface area contributed by atoms with E-state index in [4.69, 9.17) is 9.66 Å². The smallest absolute Gasteiger partial charge is 0.303 e. The second-order valence-corrected chi connectivity index (χ2v) is 5.48. The molecule has 0 aromatic carbocycles. The first-order valence-electron chi connectivity index (χ1n) is 4.91. The molecule has 6 heteroatoms. The fourth-order valence-corrected chi connectivity index (χ4v) is 3.13. The van der Waals surface area contributed by atoms with Crippen LogP contribution in [0.5, 0.6) is 0 Å². The SMILES string of the molecule is O=C(O)CCC1CC[CH]CC1S(=O)(=O)O. The van der Waals surface area contributed by atoms with Crippen molar-refractivity contribution < 1.29 is 22.9 Å². The van der Waals surface area contributed by atoms with E-state index in [1.807, 2.05) is 6.42 Å². The van der Waals surface area contributed by atoms with Crippen molar-refractivity contribution in [2.75, 3.05) is 0 Å². The van der Waals surface area contributed by atoms with Crippen LogP contribution in [0.4, 0.5) is 0 Å². The standard InChI is InChI=1S/C9H15O5S/c10-9(11)6-5-7-3-1-2-4-8(7)15(12,13)14/h2,7-8H,1,3-6H2,(H,10,11)(H,12,13,14). The van der Waals surface area contributed by atoms with E-state index in [0.29, 0.717) is 19.3 Å². The van der Waals surface area contributed by atoms with Crippen LogP contribution in [-0.4, -0.2) is 29.3 Å². The summed E-state index contributed by atoms with van der Waals surface area (Å²) < 4.78 is 31.0. The molecule has 2 atom stereocenters. The van der Waals surface area contributed by atoms with Crippen molar-refractivity contribution in [3.63, 3.8) is 0 Å². The highest BCUT2D eigenvalue weighted by Gasteiger charge is 2.34. The summed E-state index contributed by atoms with van der Waals surface area (Å²) in [6.07, 6.45) is 3.84. The van der Waals surface area contributed by atoms with Gasteiger partial charge >= 0.3 is 5.97 Å². The van der Waals surface area contributed by atoms with Crippen molar-refractivity contribution in [1.29, 1.82) is 0 Å². The van der Waals surface area contributed by atoms with Crippen LogP contribution in [0.1, 0.15) is 32.1 Å². The minimum Gasteiger partial charge on any atom is -0.481 e. The van der Waals surface area contributed by atoms with Crippen LogP contribution >= 0.6 is 0 Å². The van der Waals surface area contributed by atoms with Gasteiger partial charge in [-0.05, 0) is 38.0 Å². The number of carboxylic acids is 1. The second kappa shape index (κ2) is 4.94. The average molecular weight is 235 g/mol. The topological polar surface area (TPSA) is 91.7 Å². The van der Waals surface area contributed by atoms with Crippen molar-refractivity contribution in [2.24, 2.45) is 5.92 Å². The Kier molecular flexibility index (Phi) is 4.10. The molecule has 87 valence electrons. The lowest BCUT2D eigenvalue weighted by atomic mass is 9.85. The highest BCUT2D eigenvalue weighted by Crippen LogP contribution is 2.31. The van der Waals surface area contributed by atoms with Crippen LogP contribution in [0.2, 0.25) is 0 Å². The van der Waals surface area contributed by atoms with Gasteiger partial charge in [-0.3, -0.25) is 9.35 Å². The highest BCUT2D eigenvalue weighted by atomic mass is 32.2. The van der Waals surface area contributed by atoms with Gasteiger partial charge in [-0.2, -0.15) is 8.42 Å². The van der Waals surface area contributed by atoms with Gasteiger partial charge in [0.2, 0.25) is 0 Å². The molecule has 0 spiro atoms. The molecule has 1 aliphatic carbocycles. The van der Waals surface area contributed by atoms with E-state index in [2.05, 4.69) is 0 Å². The molecule has 0 saturated heterocycles. The first kappa shape index (κ1) is 12.4. The molecule has 0 heterocycles. The van der Waals surface area contributed by atoms with Crippen molar-refractivity contribution in [3.05, 3.63) is 6.42 Å². The van der Waals surface area contributed by atoms with Crippen LogP contribution in [0.25, 0.3) is 0 Å². The number of rotatable bonds is 4. The molecule has 0 aromatic heterocycles. The molecule has 0 aliphatic heterocycles. The summed E-state index contributed by atoms with van der Waals surface area (Å²) in [6, 6.07) is 0. The Morgan fingerprint density at radius 3 is 2.67 bits per heavy atom. The summed E-state index contributed by atoms with van der Waals surface area (Å²) in [4.78, 5) is 10.4. The quantitative estimate of drug-likeness (QED) is 0.712. The zero-order chi connectivity index (χ0) is 11.5. The number of carbonyl (C=O) groups is 1. The Morgan fingerprint density at radius 2 is 2.13 bits per heavy atom. The van der Waals surface area contributed by atoms with Crippen molar-refractivity contribution >= 4 is 16.1 Å². The largest absolute Gasteiger partial charge is 0.481 e. The Labute approximate surface area is 89.2 Å². The van der Waals surface area contributed by atoms with Crippen LogP contribution in [0.3, 0.4) is 0 Å². The molecule has 0 bridgehead atoms. The van der Waals surface area contributed by atoms with Crippen LogP contribution < -0.4 is 0 Å². The van der Waals surface area contributed by atoms with Gasteiger partial charge in [0.25, 0.3) is 10.1 Å². The molecular weight excluding hydrogens is 220 g/mol. The number of aliphatic carboxylic acids is 1. The number of hydrogen-bond acceptors (Lipinski definition) is 3. The summed E-state index contributed by atoms with van der Waals surface area (Å²) in [5, 5.41) is 7.70.